The van der Waals surface area contributed by atoms with Gasteiger partial charge in [-0.05, 0) is 44.6 Å². The SMILES string of the molecule is CNC(C1CCCC1)C1CCOCC1. The van der Waals surface area contributed by atoms with Crippen molar-refractivity contribution in [1.82, 2.24) is 5.32 Å². The number of nitrogens with one attached hydrogen (secondary N) is 1. The predicted octanol–water partition coefficient (Wildman–Crippen LogP) is 2.19. The Kier molecular flexibility index (Phi) is 3.82. The van der Waals surface area contributed by atoms with Gasteiger partial charge in [0.05, 0.1) is 0 Å². The van der Waals surface area contributed by atoms with Crippen LogP contribution in [0.1, 0.15) is 38.5 Å². The minimum atomic E-state index is 0.765. The van der Waals surface area contributed by atoms with Gasteiger partial charge in [-0.2, -0.15) is 0 Å². The smallest absolute Gasteiger partial charge is 0.0469 e. The lowest BCUT2D eigenvalue weighted by molar-refractivity contribution is 0.0462. The van der Waals surface area contributed by atoms with Gasteiger partial charge in [0.25, 0.3) is 0 Å². The van der Waals surface area contributed by atoms with Gasteiger partial charge in [-0.3, -0.25) is 0 Å². The molecule has 2 nitrogen and oxygen atoms in total. The Hall–Kier alpha value is -0.0800. The van der Waals surface area contributed by atoms with E-state index in [4.69, 9.17) is 4.74 Å². The van der Waals surface area contributed by atoms with Crippen LogP contribution in [0.5, 0.6) is 0 Å². The molecule has 2 heteroatoms. The average molecular weight is 197 g/mol. The summed E-state index contributed by atoms with van der Waals surface area (Å²) in [6.07, 6.45) is 8.33. The predicted molar refractivity (Wildman–Crippen MR) is 58.3 cm³/mol. The Balaban J connectivity index is 1.89. The molecule has 1 saturated carbocycles. The number of hydrogen-bond acceptors (Lipinski definition) is 2. The van der Waals surface area contributed by atoms with Crippen LogP contribution in [0, 0.1) is 11.8 Å². The molecule has 1 heterocycles. The molecule has 0 bridgehead atoms. The minimum Gasteiger partial charge on any atom is -0.381 e. The zero-order valence-corrected chi connectivity index (χ0v) is 9.30. The highest BCUT2D eigenvalue weighted by molar-refractivity contribution is 4.86. The maximum atomic E-state index is 5.43. The van der Waals surface area contributed by atoms with Crippen LogP contribution >= 0.6 is 0 Å². The summed E-state index contributed by atoms with van der Waals surface area (Å²) in [6.45, 7) is 1.96. The van der Waals surface area contributed by atoms with E-state index in [2.05, 4.69) is 12.4 Å². The van der Waals surface area contributed by atoms with Gasteiger partial charge in [-0.15, -0.1) is 0 Å². The molecule has 0 aromatic heterocycles. The molecule has 0 aromatic carbocycles. The van der Waals surface area contributed by atoms with Crippen LogP contribution in [0.3, 0.4) is 0 Å². The summed E-state index contributed by atoms with van der Waals surface area (Å²) < 4.78 is 5.43. The summed E-state index contributed by atoms with van der Waals surface area (Å²) in [5.41, 5.74) is 0. The first kappa shape index (κ1) is 10.4. The second-order valence-corrected chi connectivity index (χ2v) is 4.81. The fourth-order valence-electron chi connectivity index (χ4n) is 3.25. The molecular weight excluding hydrogens is 174 g/mol. The number of hydrogen-bond donors (Lipinski definition) is 1. The van der Waals surface area contributed by atoms with Crippen LogP contribution in [-0.4, -0.2) is 26.3 Å². The molecule has 82 valence electrons. The topological polar surface area (TPSA) is 21.3 Å². The molecule has 14 heavy (non-hydrogen) atoms. The van der Waals surface area contributed by atoms with Crippen molar-refractivity contribution in [2.45, 2.75) is 44.6 Å². The van der Waals surface area contributed by atoms with Crippen LogP contribution in [0.2, 0.25) is 0 Å². The standard InChI is InChI=1S/C12H23NO/c1-13-12(10-4-2-3-5-10)11-6-8-14-9-7-11/h10-13H,2-9H2,1H3. The van der Waals surface area contributed by atoms with E-state index in [0.29, 0.717) is 0 Å². The van der Waals surface area contributed by atoms with Crippen molar-refractivity contribution in [1.29, 1.82) is 0 Å². The van der Waals surface area contributed by atoms with Crippen molar-refractivity contribution in [3.05, 3.63) is 0 Å². The van der Waals surface area contributed by atoms with Gasteiger partial charge < -0.3 is 10.1 Å². The Morgan fingerprint density at radius 1 is 1.00 bits per heavy atom. The van der Waals surface area contributed by atoms with Crippen LogP contribution < -0.4 is 5.32 Å². The molecule has 1 atom stereocenters. The van der Waals surface area contributed by atoms with E-state index in [1.807, 2.05) is 0 Å². The van der Waals surface area contributed by atoms with Gasteiger partial charge in [0.1, 0.15) is 0 Å². The molecule has 1 aliphatic carbocycles. The second kappa shape index (κ2) is 5.13. The van der Waals surface area contributed by atoms with Gasteiger partial charge >= 0.3 is 0 Å². The highest BCUT2D eigenvalue weighted by Gasteiger charge is 2.31. The Labute approximate surface area is 87.4 Å². The molecule has 1 aliphatic heterocycles. The minimum absolute atomic E-state index is 0.765. The zero-order valence-electron chi connectivity index (χ0n) is 9.30. The van der Waals surface area contributed by atoms with E-state index >= 15 is 0 Å². The van der Waals surface area contributed by atoms with Gasteiger partial charge in [0.2, 0.25) is 0 Å². The molecule has 0 amide bonds. The van der Waals surface area contributed by atoms with E-state index in [1.165, 1.54) is 38.5 Å². The first-order chi connectivity index (χ1) is 6.92. The lowest BCUT2D eigenvalue weighted by Crippen LogP contribution is -2.41. The molecule has 2 rings (SSSR count). The summed E-state index contributed by atoms with van der Waals surface area (Å²) in [5, 5.41) is 3.56. The molecule has 0 aromatic rings. The molecule has 1 N–H and O–H groups in total. The summed E-state index contributed by atoms with van der Waals surface area (Å²) in [6, 6.07) is 0.765. The van der Waals surface area contributed by atoms with E-state index in [9.17, 15) is 0 Å². The first-order valence-corrected chi connectivity index (χ1v) is 6.17. The largest absolute Gasteiger partial charge is 0.381 e. The molecule has 1 saturated heterocycles. The molecule has 0 radical (unpaired) electrons. The number of rotatable bonds is 3. The van der Waals surface area contributed by atoms with E-state index in [-0.39, 0.29) is 0 Å². The maximum absolute atomic E-state index is 5.43. The third kappa shape index (κ3) is 2.29. The number of ether oxygens (including phenoxy) is 1. The fourth-order valence-corrected chi connectivity index (χ4v) is 3.25. The van der Waals surface area contributed by atoms with Crippen molar-refractivity contribution >= 4 is 0 Å². The highest BCUT2D eigenvalue weighted by Crippen LogP contribution is 2.33. The fraction of sp³-hybridized carbons (Fsp3) is 1.00. The monoisotopic (exact) mass is 197 g/mol. The lowest BCUT2D eigenvalue weighted by Gasteiger charge is -2.34. The maximum Gasteiger partial charge on any atom is 0.0469 e. The molecular formula is C12H23NO. The van der Waals surface area contributed by atoms with Gasteiger partial charge in [-0.1, -0.05) is 12.8 Å². The summed E-state index contributed by atoms with van der Waals surface area (Å²) in [7, 11) is 2.14. The van der Waals surface area contributed by atoms with Crippen molar-refractivity contribution in [2.75, 3.05) is 20.3 Å². The van der Waals surface area contributed by atoms with Crippen molar-refractivity contribution < 1.29 is 4.74 Å². The Morgan fingerprint density at radius 2 is 1.57 bits per heavy atom. The lowest BCUT2D eigenvalue weighted by atomic mass is 9.83. The van der Waals surface area contributed by atoms with Crippen LogP contribution in [-0.2, 0) is 4.74 Å². The summed E-state index contributed by atoms with van der Waals surface area (Å²) in [4.78, 5) is 0. The van der Waals surface area contributed by atoms with E-state index in [1.54, 1.807) is 0 Å². The van der Waals surface area contributed by atoms with E-state index in [0.717, 1.165) is 31.1 Å². The molecule has 0 spiro atoms. The van der Waals surface area contributed by atoms with Crippen LogP contribution in [0.25, 0.3) is 0 Å². The van der Waals surface area contributed by atoms with Gasteiger partial charge in [0, 0.05) is 19.3 Å². The summed E-state index contributed by atoms with van der Waals surface area (Å²) in [5.74, 6) is 1.82. The normalized spacial score (nSPS) is 28.1. The summed E-state index contributed by atoms with van der Waals surface area (Å²) >= 11 is 0. The first-order valence-electron chi connectivity index (χ1n) is 6.17. The molecule has 1 unspecified atom stereocenters. The van der Waals surface area contributed by atoms with E-state index < -0.39 is 0 Å². The van der Waals surface area contributed by atoms with Gasteiger partial charge in [0.15, 0.2) is 0 Å². The van der Waals surface area contributed by atoms with Gasteiger partial charge in [-0.25, -0.2) is 0 Å². The molecule has 2 aliphatic rings. The van der Waals surface area contributed by atoms with Crippen molar-refractivity contribution in [2.24, 2.45) is 11.8 Å². The third-order valence-corrected chi connectivity index (χ3v) is 4.01. The highest BCUT2D eigenvalue weighted by atomic mass is 16.5. The average Bonchev–Trinajstić information content (AvgIpc) is 2.74. The van der Waals surface area contributed by atoms with Crippen LogP contribution in [0.4, 0.5) is 0 Å². The zero-order chi connectivity index (χ0) is 9.80. The Morgan fingerprint density at radius 3 is 2.14 bits per heavy atom. The van der Waals surface area contributed by atoms with Crippen molar-refractivity contribution in [3.8, 4) is 0 Å². The van der Waals surface area contributed by atoms with Crippen molar-refractivity contribution in [3.63, 3.8) is 0 Å². The quantitative estimate of drug-likeness (QED) is 0.749. The second-order valence-electron chi connectivity index (χ2n) is 4.81. The van der Waals surface area contributed by atoms with Crippen LogP contribution in [0.15, 0.2) is 0 Å². The molecule has 2 fully saturated rings. The Bertz CT molecular complexity index is 160. The third-order valence-electron chi connectivity index (χ3n) is 4.01.